The fourth-order valence-corrected chi connectivity index (χ4v) is 2.65. The van der Waals surface area contributed by atoms with E-state index in [4.69, 9.17) is 9.57 Å². The molecule has 3 aromatic rings. The molecular formula is C17H11N3O5. The number of aromatic nitrogens is 2. The molecular weight excluding hydrogens is 326 g/mol. The number of aromatic amines is 1. The third-order valence-corrected chi connectivity index (χ3v) is 3.89. The van der Waals surface area contributed by atoms with Gasteiger partial charge in [0.1, 0.15) is 5.75 Å². The van der Waals surface area contributed by atoms with Crippen molar-refractivity contribution in [2.24, 2.45) is 0 Å². The molecule has 0 saturated heterocycles. The molecule has 124 valence electrons. The third kappa shape index (κ3) is 2.23. The Labute approximate surface area is 140 Å². The predicted molar refractivity (Wildman–Crippen MR) is 85.0 cm³/mol. The highest BCUT2D eigenvalue weighted by atomic mass is 16.7. The van der Waals surface area contributed by atoms with E-state index in [0.717, 1.165) is 0 Å². The molecule has 1 aromatic heterocycles. The minimum atomic E-state index is -0.922. The maximum Gasteiger partial charge on any atom is 0.384 e. The van der Waals surface area contributed by atoms with Crippen LogP contribution in [0, 0.1) is 0 Å². The van der Waals surface area contributed by atoms with Crippen LogP contribution < -0.4 is 4.74 Å². The molecule has 0 unspecified atom stereocenters. The zero-order valence-corrected chi connectivity index (χ0v) is 13.0. The van der Waals surface area contributed by atoms with E-state index in [1.165, 1.54) is 19.2 Å². The molecule has 1 aliphatic rings. The summed E-state index contributed by atoms with van der Waals surface area (Å²) in [5.74, 6) is -1.77. The number of benzene rings is 2. The van der Waals surface area contributed by atoms with Gasteiger partial charge in [0, 0.05) is 5.39 Å². The summed E-state index contributed by atoms with van der Waals surface area (Å²) in [6.07, 6.45) is 0. The van der Waals surface area contributed by atoms with E-state index in [9.17, 15) is 14.4 Å². The Hall–Kier alpha value is -3.68. The summed E-state index contributed by atoms with van der Waals surface area (Å²) < 4.78 is 5.12. The first-order valence-corrected chi connectivity index (χ1v) is 7.32. The van der Waals surface area contributed by atoms with E-state index in [1.54, 1.807) is 30.3 Å². The largest absolute Gasteiger partial charge is 0.497 e. The summed E-state index contributed by atoms with van der Waals surface area (Å²) in [6.45, 7) is 0. The molecule has 0 radical (unpaired) electrons. The topological polar surface area (TPSA) is 102 Å². The van der Waals surface area contributed by atoms with Crippen LogP contribution in [-0.2, 0) is 4.84 Å². The summed E-state index contributed by atoms with van der Waals surface area (Å²) in [4.78, 5) is 42.0. The standard InChI is InChI=1S/C17H11N3O5/c1-24-9-6-7-13-12(8-9)14(19-18-13)17(23)25-20-15(21)10-4-2-3-5-11(10)16(20)22/h2-8H,1H3,(H,18,19). The number of rotatable bonds is 3. The SMILES string of the molecule is COc1ccc2[nH]nc(C(=O)ON3C(=O)c4ccccc4C3=O)c2c1. The highest BCUT2D eigenvalue weighted by Crippen LogP contribution is 2.25. The highest BCUT2D eigenvalue weighted by Gasteiger charge is 2.39. The van der Waals surface area contributed by atoms with Crippen molar-refractivity contribution in [1.29, 1.82) is 0 Å². The number of ether oxygens (including phenoxy) is 1. The number of nitrogens with zero attached hydrogens (tertiary/aromatic N) is 2. The van der Waals surface area contributed by atoms with E-state index in [1.807, 2.05) is 0 Å². The van der Waals surface area contributed by atoms with Gasteiger partial charge in [0.2, 0.25) is 0 Å². The quantitative estimate of drug-likeness (QED) is 0.733. The van der Waals surface area contributed by atoms with E-state index in [-0.39, 0.29) is 16.8 Å². The van der Waals surface area contributed by atoms with Gasteiger partial charge in [-0.05, 0) is 30.3 Å². The number of nitrogens with one attached hydrogen (secondary N) is 1. The van der Waals surface area contributed by atoms with Crippen LogP contribution in [0.15, 0.2) is 42.5 Å². The number of H-pyrrole nitrogens is 1. The van der Waals surface area contributed by atoms with Gasteiger partial charge in [0.15, 0.2) is 5.69 Å². The first-order valence-electron chi connectivity index (χ1n) is 7.32. The summed E-state index contributed by atoms with van der Waals surface area (Å²) in [5, 5.41) is 7.51. The molecule has 4 rings (SSSR count). The van der Waals surface area contributed by atoms with Gasteiger partial charge in [-0.15, -0.1) is 0 Å². The number of carbonyl (C=O) groups is 3. The second-order valence-corrected chi connectivity index (χ2v) is 5.31. The molecule has 2 aromatic carbocycles. The molecule has 0 fully saturated rings. The molecule has 2 heterocycles. The number of hydrogen-bond donors (Lipinski definition) is 1. The zero-order valence-electron chi connectivity index (χ0n) is 13.0. The van der Waals surface area contributed by atoms with E-state index in [0.29, 0.717) is 21.7 Å². The molecule has 0 spiro atoms. The molecule has 25 heavy (non-hydrogen) atoms. The maximum absolute atomic E-state index is 12.4. The van der Waals surface area contributed by atoms with Crippen molar-refractivity contribution in [3.8, 4) is 5.75 Å². The van der Waals surface area contributed by atoms with Crippen molar-refractivity contribution >= 4 is 28.7 Å². The maximum atomic E-state index is 12.4. The fraction of sp³-hybridized carbons (Fsp3) is 0.0588. The Morgan fingerprint density at radius 2 is 1.76 bits per heavy atom. The van der Waals surface area contributed by atoms with E-state index < -0.39 is 17.8 Å². The van der Waals surface area contributed by atoms with E-state index in [2.05, 4.69) is 10.2 Å². The first kappa shape index (κ1) is 14.9. The lowest BCUT2D eigenvalue weighted by molar-refractivity contribution is -0.0587. The number of amides is 2. The lowest BCUT2D eigenvalue weighted by Gasteiger charge is -2.11. The van der Waals surface area contributed by atoms with Gasteiger partial charge in [0.25, 0.3) is 11.8 Å². The summed E-state index contributed by atoms with van der Waals surface area (Å²) in [6, 6.07) is 11.3. The van der Waals surface area contributed by atoms with Crippen molar-refractivity contribution < 1.29 is 24.0 Å². The lowest BCUT2D eigenvalue weighted by atomic mass is 10.1. The number of imide groups is 1. The van der Waals surface area contributed by atoms with Gasteiger partial charge in [-0.1, -0.05) is 17.2 Å². The van der Waals surface area contributed by atoms with Crippen LogP contribution in [0.25, 0.3) is 10.9 Å². The highest BCUT2D eigenvalue weighted by molar-refractivity contribution is 6.21. The van der Waals surface area contributed by atoms with Crippen LogP contribution in [0.4, 0.5) is 0 Å². The zero-order chi connectivity index (χ0) is 17.6. The van der Waals surface area contributed by atoms with Crippen molar-refractivity contribution in [2.45, 2.75) is 0 Å². The molecule has 0 atom stereocenters. The Balaban J connectivity index is 1.65. The Morgan fingerprint density at radius 1 is 1.08 bits per heavy atom. The predicted octanol–water partition coefficient (Wildman–Crippen LogP) is 1.94. The second kappa shape index (κ2) is 5.45. The van der Waals surface area contributed by atoms with Crippen LogP contribution in [0.1, 0.15) is 31.2 Å². The summed E-state index contributed by atoms with van der Waals surface area (Å²) >= 11 is 0. The van der Waals surface area contributed by atoms with Gasteiger partial charge in [0.05, 0.1) is 23.8 Å². The van der Waals surface area contributed by atoms with E-state index >= 15 is 0 Å². The number of hydrogen-bond acceptors (Lipinski definition) is 6. The summed E-state index contributed by atoms with van der Waals surface area (Å²) in [5.41, 5.74) is 0.920. The van der Waals surface area contributed by atoms with Crippen LogP contribution in [0.2, 0.25) is 0 Å². The normalized spacial score (nSPS) is 13.2. The number of fused-ring (bicyclic) bond motifs is 2. The van der Waals surface area contributed by atoms with Gasteiger partial charge in [-0.3, -0.25) is 14.7 Å². The van der Waals surface area contributed by atoms with Crippen LogP contribution in [0.3, 0.4) is 0 Å². The molecule has 1 N–H and O–H groups in total. The van der Waals surface area contributed by atoms with Crippen molar-refractivity contribution in [1.82, 2.24) is 15.3 Å². The Bertz CT molecular complexity index is 1000. The van der Waals surface area contributed by atoms with Crippen molar-refractivity contribution in [3.05, 3.63) is 59.3 Å². The van der Waals surface area contributed by atoms with Crippen LogP contribution in [-0.4, -0.2) is 40.2 Å². The monoisotopic (exact) mass is 337 g/mol. The molecule has 2 amide bonds. The fourth-order valence-electron chi connectivity index (χ4n) is 2.65. The van der Waals surface area contributed by atoms with Gasteiger partial charge in [-0.2, -0.15) is 5.10 Å². The van der Waals surface area contributed by atoms with Crippen molar-refractivity contribution in [3.63, 3.8) is 0 Å². The molecule has 8 nitrogen and oxygen atoms in total. The van der Waals surface area contributed by atoms with Gasteiger partial charge >= 0.3 is 5.97 Å². The van der Waals surface area contributed by atoms with Gasteiger partial charge in [-0.25, -0.2) is 4.79 Å². The number of methoxy groups -OCH3 is 1. The first-order chi connectivity index (χ1) is 12.1. The Kier molecular flexibility index (Phi) is 3.24. The van der Waals surface area contributed by atoms with Crippen LogP contribution >= 0.6 is 0 Å². The molecule has 0 aliphatic carbocycles. The molecule has 0 bridgehead atoms. The molecule has 0 saturated carbocycles. The second-order valence-electron chi connectivity index (χ2n) is 5.31. The average Bonchev–Trinajstić information content (AvgIpc) is 3.16. The minimum absolute atomic E-state index is 0.0505. The Morgan fingerprint density at radius 3 is 2.40 bits per heavy atom. The smallest absolute Gasteiger partial charge is 0.384 e. The summed E-state index contributed by atoms with van der Waals surface area (Å²) in [7, 11) is 1.50. The lowest BCUT2D eigenvalue weighted by Crippen LogP contribution is -2.32. The minimum Gasteiger partial charge on any atom is -0.497 e. The third-order valence-electron chi connectivity index (χ3n) is 3.89. The molecule has 1 aliphatic heterocycles. The van der Waals surface area contributed by atoms with Crippen LogP contribution in [0.5, 0.6) is 5.75 Å². The average molecular weight is 337 g/mol. The number of hydroxylamine groups is 2. The number of carbonyl (C=O) groups excluding carboxylic acids is 3. The van der Waals surface area contributed by atoms with Gasteiger partial charge < -0.3 is 9.57 Å². The van der Waals surface area contributed by atoms with Crippen molar-refractivity contribution in [2.75, 3.05) is 7.11 Å². The molecule has 8 heteroatoms.